The Bertz CT molecular complexity index is 369. The van der Waals surface area contributed by atoms with Gasteiger partial charge in [-0.2, -0.15) is 11.3 Å². The molecule has 2 N–H and O–H groups in total. The molecule has 4 heteroatoms. The van der Waals surface area contributed by atoms with Gasteiger partial charge in [-0.3, -0.25) is 4.79 Å². The van der Waals surface area contributed by atoms with Crippen LogP contribution in [0.5, 0.6) is 0 Å². The van der Waals surface area contributed by atoms with E-state index in [2.05, 4.69) is 28.3 Å². The Hall–Kier alpha value is -0.870. The quantitative estimate of drug-likeness (QED) is 0.861. The van der Waals surface area contributed by atoms with Gasteiger partial charge < -0.3 is 10.6 Å². The lowest BCUT2D eigenvalue weighted by atomic mass is 9.94. The van der Waals surface area contributed by atoms with Crippen molar-refractivity contribution in [2.45, 2.75) is 32.7 Å². The molecule has 1 saturated heterocycles. The molecule has 3 nitrogen and oxygen atoms in total. The molecule has 0 bridgehead atoms. The lowest BCUT2D eigenvalue weighted by Gasteiger charge is -2.21. The van der Waals surface area contributed by atoms with Crippen molar-refractivity contribution in [2.75, 3.05) is 13.1 Å². The summed E-state index contributed by atoms with van der Waals surface area (Å²) < 4.78 is 0. The van der Waals surface area contributed by atoms with E-state index in [1.54, 1.807) is 11.3 Å². The second-order valence-corrected chi connectivity index (χ2v) is 5.50. The molecule has 0 unspecified atom stereocenters. The first-order valence-corrected chi connectivity index (χ1v) is 7.19. The topological polar surface area (TPSA) is 41.1 Å². The van der Waals surface area contributed by atoms with Crippen LogP contribution in [0.2, 0.25) is 0 Å². The van der Waals surface area contributed by atoms with E-state index in [-0.39, 0.29) is 5.91 Å². The van der Waals surface area contributed by atoms with Crippen LogP contribution in [0.15, 0.2) is 10.8 Å². The molecule has 0 atom stereocenters. The number of nitrogens with one attached hydrogen (secondary N) is 2. The number of carbonyl (C=O) groups is 1. The average molecular weight is 252 g/mol. The first-order valence-electron chi connectivity index (χ1n) is 6.25. The number of hydrogen-bond acceptors (Lipinski definition) is 3. The zero-order chi connectivity index (χ0) is 12.1. The summed E-state index contributed by atoms with van der Waals surface area (Å²) in [7, 11) is 0. The van der Waals surface area contributed by atoms with E-state index < -0.39 is 0 Å². The van der Waals surface area contributed by atoms with E-state index in [0.717, 1.165) is 25.9 Å². The second-order valence-electron chi connectivity index (χ2n) is 4.75. The number of amides is 1. The van der Waals surface area contributed by atoms with Crippen LogP contribution in [0.4, 0.5) is 0 Å². The molecule has 0 radical (unpaired) electrons. The van der Waals surface area contributed by atoms with Gasteiger partial charge in [-0.1, -0.05) is 0 Å². The number of carbonyl (C=O) groups excluding carboxylic acids is 1. The molecule has 94 valence electrons. The summed E-state index contributed by atoms with van der Waals surface area (Å²) >= 11 is 1.69. The molecule has 0 aliphatic carbocycles. The van der Waals surface area contributed by atoms with Gasteiger partial charge in [0.15, 0.2) is 0 Å². The summed E-state index contributed by atoms with van der Waals surface area (Å²) in [5.41, 5.74) is 2.52. The minimum Gasteiger partial charge on any atom is -0.352 e. The van der Waals surface area contributed by atoms with Crippen molar-refractivity contribution < 1.29 is 4.79 Å². The zero-order valence-corrected chi connectivity index (χ0v) is 11.1. The summed E-state index contributed by atoms with van der Waals surface area (Å²) in [6.45, 7) is 4.88. The van der Waals surface area contributed by atoms with E-state index in [1.807, 2.05) is 0 Å². The SMILES string of the molecule is Cc1cscc1CNC(=O)CC1CCNCC1. The number of piperidine rings is 1. The number of hydrogen-bond donors (Lipinski definition) is 2. The van der Waals surface area contributed by atoms with Gasteiger partial charge in [0.1, 0.15) is 0 Å². The van der Waals surface area contributed by atoms with Crippen molar-refractivity contribution in [3.05, 3.63) is 21.9 Å². The Balaban J connectivity index is 1.72. The Morgan fingerprint density at radius 2 is 2.24 bits per heavy atom. The maximum atomic E-state index is 11.8. The van der Waals surface area contributed by atoms with Crippen molar-refractivity contribution in [1.29, 1.82) is 0 Å². The van der Waals surface area contributed by atoms with E-state index in [1.165, 1.54) is 11.1 Å². The smallest absolute Gasteiger partial charge is 0.220 e. The summed E-state index contributed by atoms with van der Waals surface area (Å²) in [5, 5.41) is 10.6. The third-order valence-corrected chi connectivity index (χ3v) is 4.28. The molecule has 0 saturated carbocycles. The van der Waals surface area contributed by atoms with E-state index in [0.29, 0.717) is 18.9 Å². The van der Waals surface area contributed by atoms with Gasteiger partial charge in [-0.15, -0.1) is 0 Å². The van der Waals surface area contributed by atoms with Gasteiger partial charge in [0, 0.05) is 13.0 Å². The fourth-order valence-corrected chi connectivity index (χ4v) is 3.04. The van der Waals surface area contributed by atoms with Crippen LogP contribution in [0.3, 0.4) is 0 Å². The predicted octanol–water partition coefficient (Wildman–Crippen LogP) is 2.06. The normalized spacial score (nSPS) is 17.0. The van der Waals surface area contributed by atoms with Crippen molar-refractivity contribution in [3.63, 3.8) is 0 Å². The van der Waals surface area contributed by atoms with Crippen LogP contribution in [0.1, 0.15) is 30.4 Å². The van der Waals surface area contributed by atoms with Gasteiger partial charge in [0.2, 0.25) is 5.91 Å². The van der Waals surface area contributed by atoms with Crippen molar-refractivity contribution in [1.82, 2.24) is 10.6 Å². The van der Waals surface area contributed by atoms with Crippen LogP contribution in [0.25, 0.3) is 0 Å². The van der Waals surface area contributed by atoms with Crippen LogP contribution >= 0.6 is 11.3 Å². The van der Waals surface area contributed by atoms with E-state index >= 15 is 0 Å². The number of aryl methyl sites for hydroxylation is 1. The second kappa shape index (κ2) is 6.17. The van der Waals surface area contributed by atoms with Crippen LogP contribution in [-0.2, 0) is 11.3 Å². The van der Waals surface area contributed by atoms with Crippen molar-refractivity contribution >= 4 is 17.2 Å². The first kappa shape index (κ1) is 12.6. The Morgan fingerprint density at radius 3 is 2.88 bits per heavy atom. The highest BCUT2D eigenvalue weighted by Crippen LogP contribution is 2.16. The lowest BCUT2D eigenvalue weighted by molar-refractivity contribution is -0.122. The Labute approximate surface area is 107 Å². The predicted molar refractivity (Wildman–Crippen MR) is 71.1 cm³/mol. The number of rotatable bonds is 4. The van der Waals surface area contributed by atoms with E-state index in [4.69, 9.17) is 0 Å². The van der Waals surface area contributed by atoms with Gasteiger partial charge in [-0.25, -0.2) is 0 Å². The summed E-state index contributed by atoms with van der Waals surface area (Å²) in [5.74, 6) is 0.766. The molecule has 0 aromatic carbocycles. The molecule has 2 heterocycles. The molecular formula is C13H20N2OS. The summed E-state index contributed by atoms with van der Waals surface area (Å²) in [6.07, 6.45) is 2.95. The van der Waals surface area contributed by atoms with Crippen LogP contribution < -0.4 is 10.6 Å². The molecule has 1 aromatic heterocycles. The molecule has 1 fully saturated rings. The van der Waals surface area contributed by atoms with Gasteiger partial charge in [0.25, 0.3) is 0 Å². The lowest BCUT2D eigenvalue weighted by Crippen LogP contribution is -2.32. The number of thiophene rings is 1. The Morgan fingerprint density at radius 1 is 1.47 bits per heavy atom. The van der Waals surface area contributed by atoms with Gasteiger partial charge >= 0.3 is 0 Å². The van der Waals surface area contributed by atoms with Crippen LogP contribution in [0, 0.1) is 12.8 Å². The molecule has 1 aliphatic rings. The van der Waals surface area contributed by atoms with Crippen LogP contribution in [-0.4, -0.2) is 19.0 Å². The van der Waals surface area contributed by atoms with Crippen molar-refractivity contribution in [3.8, 4) is 0 Å². The molecule has 1 amide bonds. The summed E-state index contributed by atoms with van der Waals surface area (Å²) in [6, 6.07) is 0. The fraction of sp³-hybridized carbons (Fsp3) is 0.615. The Kier molecular flexibility index (Phi) is 4.57. The third-order valence-electron chi connectivity index (χ3n) is 3.37. The standard InChI is InChI=1S/C13H20N2OS/c1-10-8-17-9-12(10)7-15-13(16)6-11-2-4-14-5-3-11/h8-9,11,14H,2-7H2,1H3,(H,15,16). The highest BCUT2D eigenvalue weighted by atomic mass is 32.1. The van der Waals surface area contributed by atoms with Gasteiger partial charge in [0.05, 0.1) is 0 Å². The largest absolute Gasteiger partial charge is 0.352 e. The molecule has 1 aromatic rings. The third kappa shape index (κ3) is 3.82. The molecule has 2 rings (SSSR count). The highest BCUT2D eigenvalue weighted by molar-refractivity contribution is 7.08. The fourth-order valence-electron chi connectivity index (χ4n) is 2.18. The molecular weight excluding hydrogens is 232 g/mol. The highest BCUT2D eigenvalue weighted by Gasteiger charge is 2.16. The van der Waals surface area contributed by atoms with Crippen molar-refractivity contribution in [2.24, 2.45) is 5.92 Å². The molecule has 1 aliphatic heterocycles. The zero-order valence-electron chi connectivity index (χ0n) is 10.3. The minimum absolute atomic E-state index is 0.197. The summed E-state index contributed by atoms with van der Waals surface area (Å²) in [4.78, 5) is 11.8. The maximum Gasteiger partial charge on any atom is 0.220 e. The molecule has 0 spiro atoms. The first-order chi connectivity index (χ1) is 8.25. The van der Waals surface area contributed by atoms with Gasteiger partial charge in [-0.05, 0) is 60.7 Å². The van der Waals surface area contributed by atoms with E-state index in [9.17, 15) is 4.79 Å². The maximum absolute atomic E-state index is 11.8. The monoisotopic (exact) mass is 252 g/mol. The average Bonchev–Trinajstić information content (AvgIpc) is 2.74. The molecule has 17 heavy (non-hydrogen) atoms. The minimum atomic E-state index is 0.197.